The van der Waals surface area contributed by atoms with Crippen molar-refractivity contribution in [3.63, 3.8) is 0 Å². The number of hydrogen-bond donors (Lipinski definition) is 7. The SMILES string of the molecule is C=C/C=C\C(=C/C)C(C)NC(=C)C(O)C(NCC)NC(=C)C1[C@H]2CCC[C@H]2CN1C(=C)C(NC(=O)CNC(=C)CCCCC(=O)O)C(C)C.CC.CCC. The molecular formula is C44H78N6O4. The van der Waals surface area contributed by atoms with Crippen molar-refractivity contribution in [3.8, 4) is 0 Å². The van der Waals surface area contributed by atoms with Crippen molar-refractivity contribution in [3.05, 3.63) is 85.6 Å². The number of amides is 1. The van der Waals surface area contributed by atoms with E-state index in [0.717, 1.165) is 36.4 Å². The highest BCUT2D eigenvalue weighted by molar-refractivity contribution is 5.79. The Bertz CT molecular complexity index is 1260. The third kappa shape index (κ3) is 17.1. The van der Waals surface area contributed by atoms with Crippen LogP contribution in [0.25, 0.3) is 0 Å². The lowest BCUT2D eigenvalue weighted by atomic mass is 9.91. The molecule has 10 heteroatoms. The van der Waals surface area contributed by atoms with Gasteiger partial charge in [-0.2, -0.15) is 0 Å². The molecule has 1 amide bonds. The number of likely N-dealkylation sites (tertiary alicyclic amines) is 1. The predicted molar refractivity (Wildman–Crippen MR) is 228 cm³/mol. The van der Waals surface area contributed by atoms with E-state index in [2.05, 4.69) is 92.1 Å². The Morgan fingerprint density at radius 1 is 0.963 bits per heavy atom. The summed E-state index contributed by atoms with van der Waals surface area (Å²) in [5.41, 5.74) is 3.92. The van der Waals surface area contributed by atoms with E-state index in [4.69, 9.17) is 5.11 Å². The summed E-state index contributed by atoms with van der Waals surface area (Å²) >= 11 is 0. The molecule has 1 heterocycles. The molecule has 1 aliphatic heterocycles. The lowest BCUT2D eigenvalue weighted by molar-refractivity contribution is -0.137. The quantitative estimate of drug-likeness (QED) is 0.0303. The van der Waals surface area contributed by atoms with Crippen LogP contribution in [0.15, 0.2) is 85.6 Å². The standard InChI is InChI=1S/C39H64N6O4.C3H8.C2H6/c1-11-14-19-31(12-2)27(7)42-29(9)38(49)39(40-13-3)43-28(8)37-33-21-17-20-32(33)24-45(37)30(10)36(25(4)5)44-34(46)23-41-26(6)18-15-16-22-35(47)48;1-3-2;1-2/h11-12,14,19,25,27,32-33,36-43,49H,1,6,8-10,13,15-18,20-24H2,2-5,7H3,(H,44,46)(H,47,48);3H2,1-2H3;1-2H3/b19-14-,31-12+;;/t27?,32-,33-,36?,37?,38?,39?;;/m0../s1. The number of carbonyl (C=O) groups excluding carboxylic acids is 1. The summed E-state index contributed by atoms with van der Waals surface area (Å²) in [6.07, 6.45) is 12.8. The molecule has 1 aliphatic carbocycles. The number of aliphatic hydroxyl groups excluding tert-OH is 1. The summed E-state index contributed by atoms with van der Waals surface area (Å²) < 4.78 is 0. The second-order valence-electron chi connectivity index (χ2n) is 14.4. The van der Waals surface area contributed by atoms with E-state index in [0.29, 0.717) is 49.0 Å². The largest absolute Gasteiger partial charge is 0.481 e. The highest BCUT2D eigenvalue weighted by Gasteiger charge is 2.47. The van der Waals surface area contributed by atoms with Gasteiger partial charge in [0.05, 0.1) is 18.6 Å². The van der Waals surface area contributed by atoms with Gasteiger partial charge in [0.1, 0.15) is 12.3 Å². The first-order chi connectivity index (χ1) is 25.7. The van der Waals surface area contributed by atoms with Crippen molar-refractivity contribution in [1.82, 2.24) is 31.5 Å². The molecule has 10 nitrogen and oxygen atoms in total. The molecule has 2 rings (SSSR count). The number of nitrogens with one attached hydrogen (secondary N) is 5. The van der Waals surface area contributed by atoms with Crippen LogP contribution in [0.3, 0.4) is 0 Å². The van der Waals surface area contributed by atoms with Crippen LogP contribution < -0.4 is 26.6 Å². The third-order valence-corrected chi connectivity index (χ3v) is 9.67. The number of unbranched alkanes of at least 4 members (excludes halogenated alkanes) is 1. The molecular weight excluding hydrogens is 677 g/mol. The van der Waals surface area contributed by atoms with Crippen molar-refractivity contribution in [1.29, 1.82) is 0 Å². The average molecular weight is 755 g/mol. The zero-order valence-electron chi connectivity index (χ0n) is 35.4. The molecule has 7 atom stereocenters. The van der Waals surface area contributed by atoms with E-state index in [1.54, 1.807) is 6.08 Å². The fraction of sp³-hybridized carbons (Fsp3) is 0.636. The van der Waals surface area contributed by atoms with Gasteiger partial charge in [0, 0.05) is 41.8 Å². The molecule has 0 aromatic carbocycles. The van der Waals surface area contributed by atoms with Gasteiger partial charge in [-0.15, -0.1) is 0 Å². The Labute approximate surface area is 329 Å². The third-order valence-electron chi connectivity index (χ3n) is 9.67. The zero-order valence-corrected chi connectivity index (χ0v) is 35.4. The van der Waals surface area contributed by atoms with Crippen LogP contribution >= 0.6 is 0 Å². The van der Waals surface area contributed by atoms with Crippen LogP contribution in [0.1, 0.15) is 114 Å². The maximum Gasteiger partial charge on any atom is 0.303 e. The number of aliphatic hydroxyl groups is 1. The summed E-state index contributed by atoms with van der Waals surface area (Å²) in [5.74, 6) is 0.0143. The Balaban J connectivity index is 0.00000533. The summed E-state index contributed by atoms with van der Waals surface area (Å²) in [6.45, 7) is 40.9. The normalized spacial score (nSPS) is 19.9. The molecule has 0 bridgehead atoms. The van der Waals surface area contributed by atoms with Crippen molar-refractivity contribution in [2.24, 2.45) is 17.8 Å². The molecule has 0 spiro atoms. The molecule has 1 saturated carbocycles. The summed E-state index contributed by atoms with van der Waals surface area (Å²) in [4.78, 5) is 26.2. The van der Waals surface area contributed by atoms with Crippen LogP contribution in [0.2, 0.25) is 0 Å². The fourth-order valence-corrected chi connectivity index (χ4v) is 7.06. The summed E-state index contributed by atoms with van der Waals surface area (Å²) in [7, 11) is 0. The van der Waals surface area contributed by atoms with Gasteiger partial charge < -0.3 is 36.4 Å². The van der Waals surface area contributed by atoms with E-state index in [1.807, 2.05) is 52.8 Å². The Morgan fingerprint density at radius 2 is 1.59 bits per heavy atom. The minimum absolute atomic E-state index is 0.0472. The average Bonchev–Trinajstić information content (AvgIpc) is 3.74. The first-order valence-electron chi connectivity index (χ1n) is 20.3. The van der Waals surface area contributed by atoms with Gasteiger partial charge in [-0.25, -0.2) is 0 Å². The fourth-order valence-electron chi connectivity index (χ4n) is 7.06. The van der Waals surface area contributed by atoms with Gasteiger partial charge in [0.2, 0.25) is 5.91 Å². The van der Waals surface area contributed by atoms with E-state index < -0.39 is 18.2 Å². The predicted octanol–water partition coefficient (Wildman–Crippen LogP) is 7.51. The van der Waals surface area contributed by atoms with E-state index in [9.17, 15) is 14.7 Å². The lowest BCUT2D eigenvalue weighted by Crippen LogP contribution is -2.55. The minimum Gasteiger partial charge on any atom is -0.481 e. The Hall–Kier alpha value is -3.76. The van der Waals surface area contributed by atoms with Crippen molar-refractivity contribution in [2.45, 2.75) is 144 Å². The van der Waals surface area contributed by atoms with Crippen molar-refractivity contribution < 1.29 is 19.8 Å². The van der Waals surface area contributed by atoms with Crippen LogP contribution in [-0.4, -0.2) is 77.0 Å². The first kappa shape index (κ1) is 50.2. The zero-order chi connectivity index (χ0) is 41.4. The highest BCUT2D eigenvalue weighted by atomic mass is 16.4. The molecule has 2 fully saturated rings. The minimum atomic E-state index is -0.944. The number of aliphatic carboxylic acids is 1. The smallest absolute Gasteiger partial charge is 0.303 e. The number of likely N-dealkylation sites (N-methyl/N-ethyl adjacent to an activating group) is 1. The molecule has 0 radical (unpaired) electrons. The molecule has 1 saturated heterocycles. The number of carboxylic acid groups (broad SMARTS) is 1. The number of carbonyl (C=O) groups is 2. The summed E-state index contributed by atoms with van der Waals surface area (Å²) in [6, 6.07) is -0.403. The lowest BCUT2D eigenvalue weighted by Gasteiger charge is -2.39. The first-order valence-corrected chi connectivity index (χ1v) is 20.3. The number of rotatable bonds is 24. The van der Waals surface area contributed by atoms with Gasteiger partial charge in [-0.1, -0.05) is 119 Å². The van der Waals surface area contributed by atoms with Crippen LogP contribution in [0.5, 0.6) is 0 Å². The molecule has 54 heavy (non-hydrogen) atoms. The van der Waals surface area contributed by atoms with Gasteiger partial charge in [-0.05, 0) is 75.8 Å². The van der Waals surface area contributed by atoms with Crippen LogP contribution in [0, 0.1) is 17.8 Å². The number of hydrogen-bond acceptors (Lipinski definition) is 8. The molecule has 2 aliphatic rings. The Morgan fingerprint density at radius 3 is 2.15 bits per heavy atom. The molecule has 7 N–H and O–H groups in total. The van der Waals surface area contributed by atoms with Gasteiger partial charge >= 0.3 is 5.97 Å². The molecule has 5 unspecified atom stereocenters. The van der Waals surface area contributed by atoms with E-state index in [-0.39, 0.29) is 42.9 Å². The number of fused-ring (bicyclic) bond motifs is 1. The topological polar surface area (TPSA) is 138 Å². The van der Waals surface area contributed by atoms with Gasteiger partial charge in [0.15, 0.2) is 0 Å². The molecule has 0 aromatic rings. The maximum atomic E-state index is 13.1. The van der Waals surface area contributed by atoms with Crippen LogP contribution in [0.4, 0.5) is 0 Å². The number of carboxylic acids is 1. The Kier molecular flexibility index (Phi) is 25.8. The van der Waals surface area contributed by atoms with Crippen molar-refractivity contribution in [2.75, 3.05) is 19.6 Å². The molecule has 308 valence electrons. The highest BCUT2D eigenvalue weighted by Crippen LogP contribution is 2.46. The number of nitrogens with zero attached hydrogens (tertiary/aromatic N) is 1. The summed E-state index contributed by atoms with van der Waals surface area (Å²) in [5, 5.41) is 36.9. The van der Waals surface area contributed by atoms with E-state index >= 15 is 0 Å². The van der Waals surface area contributed by atoms with Crippen molar-refractivity contribution >= 4 is 11.9 Å². The van der Waals surface area contributed by atoms with E-state index in [1.165, 1.54) is 12.8 Å². The number of allylic oxidation sites excluding steroid dienone is 4. The monoisotopic (exact) mass is 755 g/mol. The molecule has 0 aromatic heterocycles. The van der Waals surface area contributed by atoms with Crippen LogP contribution in [-0.2, 0) is 9.59 Å². The van der Waals surface area contributed by atoms with Gasteiger partial charge in [-0.3, -0.25) is 14.9 Å². The second kappa shape index (κ2) is 27.8. The van der Waals surface area contributed by atoms with Gasteiger partial charge in [0.25, 0.3) is 0 Å². The second-order valence-corrected chi connectivity index (χ2v) is 14.4. The maximum absolute atomic E-state index is 13.1.